The number of nitrogens with two attached hydrogens (primary N) is 1. The molecule has 0 radical (unpaired) electrons. The van der Waals surface area contributed by atoms with E-state index in [0.29, 0.717) is 23.5 Å². The molecular formula is C23H23N5O2. The van der Waals surface area contributed by atoms with Crippen molar-refractivity contribution in [2.45, 2.75) is 6.54 Å². The Labute approximate surface area is 174 Å². The van der Waals surface area contributed by atoms with Crippen molar-refractivity contribution >= 4 is 34.3 Å². The number of nitrogen functional groups attached to an aromatic ring is 1. The molecule has 0 spiro atoms. The summed E-state index contributed by atoms with van der Waals surface area (Å²) in [7, 11) is 3.61. The highest BCUT2D eigenvalue weighted by Gasteiger charge is 2.10. The summed E-state index contributed by atoms with van der Waals surface area (Å²) in [5.41, 5.74) is 10.5. The van der Waals surface area contributed by atoms with Crippen molar-refractivity contribution in [1.29, 1.82) is 0 Å². The Morgan fingerprint density at radius 1 is 1.10 bits per heavy atom. The summed E-state index contributed by atoms with van der Waals surface area (Å²) >= 11 is 0. The number of nitrogens with one attached hydrogen (secondary N) is 2. The molecule has 0 saturated carbocycles. The molecule has 30 heavy (non-hydrogen) atoms. The van der Waals surface area contributed by atoms with Crippen LogP contribution in [0.3, 0.4) is 0 Å². The van der Waals surface area contributed by atoms with Crippen LogP contribution in [-0.2, 0) is 13.6 Å². The van der Waals surface area contributed by atoms with Crippen LogP contribution in [0.25, 0.3) is 11.0 Å². The number of nitrogens with zero attached hydrogens (tertiary/aromatic N) is 2. The lowest BCUT2D eigenvalue weighted by Crippen LogP contribution is -2.13. The number of para-hydroxylation sites is 2. The number of aryl methyl sites for hydroxylation is 1. The summed E-state index contributed by atoms with van der Waals surface area (Å²) in [5.74, 6) is 1.36. The van der Waals surface area contributed by atoms with Gasteiger partial charge in [0, 0.05) is 25.2 Å². The van der Waals surface area contributed by atoms with Crippen molar-refractivity contribution in [2.24, 2.45) is 7.05 Å². The standard InChI is InChI=1S/C23H23N5O2/c1-28-21-13-17(30-2)11-12-20(21)27-23(28)25-14-15-7-9-16(10-8-15)22(29)26-19-6-4-3-5-18(19)24/h3-13H,14,24H2,1-2H3,(H,25,27)(H,26,29). The van der Waals surface area contributed by atoms with Gasteiger partial charge in [0.1, 0.15) is 5.75 Å². The monoisotopic (exact) mass is 401 g/mol. The first-order valence-corrected chi connectivity index (χ1v) is 9.54. The summed E-state index contributed by atoms with van der Waals surface area (Å²) < 4.78 is 7.28. The highest BCUT2D eigenvalue weighted by Crippen LogP contribution is 2.23. The van der Waals surface area contributed by atoms with Gasteiger partial charge in [-0.1, -0.05) is 24.3 Å². The average molecular weight is 401 g/mol. The molecular weight excluding hydrogens is 378 g/mol. The number of imidazole rings is 1. The third kappa shape index (κ3) is 3.91. The third-order valence-corrected chi connectivity index (χ3v) is 4.96. The molecule has 0 fully saturated rings. The summed E-state index contributed by atoms with van der Waals surface area (Å²) in [6, 6.07) is 20.4. The maximum atomic E-state index is 12.4. The zero-order valence-corrected chi connectivity index (χ0v) is 16.8. The average Bonchev–Trinajstić information content (AvgIpc) is 3.09. The largest absolute Gasteiger partial charge is 0.497 e. The van der Waals surface area contributed by atoms with Gasteiger partial charge in [-0.3, -0.25) is 4.79 Å². The fourth-order valence-corrected chi connectivity index (χ4v) is 3.22. The minimum absolute atomic E-state index is 0.197. The van der Waals surface area contributed by atoms with Crippen molar-refractivity contribution < 1.29 is 9.53 Å². The van der Waals surface area contributed by atoms with E-state index in [0.717, 1.165) is 28.3 Å². The number of benzene rings is 3. The molecule has 1 heterocycles. The van der Waals surface area contributed by atoms with E-state index in [1.165, 1.54) is 0 Å². The van der Waals surface area contributed by atoms with Gasteiger partial charge in [0.25, 0.3) is 5.91 Å². The second kappa shape index (κ2) is 8.16. The molecule has 0 aliphatic carbocycles. The predicted octanol–water partition coefficient (Wildman–Crippen LogP) is 4.03. The molecule has 7 heteroatoms. The van der Waals surface area contributed by atoms with Crippen LogP contribution in [0.4, 0.5) is 17.3 Å². The van der Waals surface area contributed by atoms with Gasteiger partial charge in [0.15, 0.2) is 0 Å². The van der Waals surface area contributed by atoms with Crippen LogP contribution in [0.5, 0.6) is 5.75 Å². The Balaban J connectivity index is 1.43. The van der Waals surface area contributed by atoms with Crippen molar-refractivity contribution in [3.8, 4) is 5.75 Å². The molecule has 7 nitrogen and oxygen atoms in total. The number of methoxy groups -OCH3 is 1. The van der Waals surface area contributed by atoms with Crippen LogP contribution in [0.2, 0.25) is 0 Å². The summed E-state index contributed by atoms with van der Waals surface area (Å²) in [6.45, 7) is 0.585. The number of anilines is 3. The van der Waals surface area contributed by atoms with Crippen LogP contribution in [0, 0.1) is 0 Å². The fourth-order valence-electron chi connectivity index (χ4n) is 3.22. The molecule has 0 saturated heterocycles. The highest BCUT2D eigenvalue weighted by molar-refractivity contribution is 6.05. The summed E-state index contributed by atoms with van der Waals surface area (Å²) in [4.78, 5) is 17.1. The van der Waals surface area contributed by atoms with E-state index in [4.69, 9.17) is 10.5 Å². The van der Waals surface area contributed by atoms with Gasteiger partial charge in [0.2, 0.25) is 5.95 Å². The molecule has 0 aliphatic rings. The molecule has 1 amide bonds. The van der Waals surface area contributed by atoms with Crippen molar-refractivity contribution in [3.63, 3.8) is 0 Å². The first-order valence-electron chi connectivity index (χ1n) is 9.54. The van der Waals surface area contributed by atoms with Crippen LogP contribution in [0.1, 0.15) is 15.9 Å². The summed E-state index contributed by atoms with van der Waals surface area (Å²) in [6.07, 6.45) is 0. The van der Waals surface area contributed by atoms with Crippen LogP contribution >= 0.6 is 0 Å². The van der Waals surface area contributed by atoms with E-state index in [1.54, 1.807) is 31.4 Å². The SMILES string of the molecule is COc1ccc2nc(NCc3ccc(C(=O)Nc4ccccc4N)cc3)n(C)c2c1. The Bertz CT molecular complexity index is 1200. The predicted molar refractivity (Wildman–Crippen MR) is 120 cm³/mol. The lowest BCUT2D eigenvalue weighted by molar-refractivity contribution is 0.102. The molecule has 4 rings (SSSR count). The number of rotatable bonds is 6. The third-order valence-electron chi connectivity index (χ3n) is 4.96. The van der Waals surface area contributed by atoms with Gasteiger partial charge in [-0.05, 0) is 42.0 Å². The number of ether oxygens (including phenoxy) is 1. The van der Waals surface area contributed by atoms with Gasteiger partial charge in [-0.15, -0.1) is 0 Å². The summed E-state index contributed by atoms with van der Waals surface area (Å²) in [5, 5.41) is 6.18. The molecule has 0 bridgehead atoms. The number of carbonyl (C=O) groups is 1. The number of fused-ring (bicyclic) bond motifs is 1. The van der Waals surface area contributed by atoms with E-state index in [2.05, 4.69) is 15.6 Å². The van der Waals surface area contributed by atoms with Crippen molar-refractivity contribution in [1.82, 2.24) is 9.55 Å². The van der Waals surface area contributed by atoms with Gasteiger partial charge < -0.3 is 25.7 Å². The first-order chi connectivity index (χ1) is 14.5. The Hall–Kier alpha value is -4.00. The smallest absolute Gasteiger partial charge is 0.255 e. The lowest BCUT2D eigenvalue weighted by atomic mass is 10.1. The normalized spacial score (nSPS) is 10.7. The quantitative estimate of drug-likeness (QED) is 0.424. The highest BCUT2D eigenvalue weighted by atomic mass is 16.5. The van der Waals surface area contributed by atoms with Gasteiger partial charge >= 0.3 is 0 Å². The number of carbonyl (C=O) groups excluding carboxylic acids is 1. The Morgan fingerprint density at radius 2 is 1.87 bits per heavy atom. The van der Waals surface area contributed by atoms with Gasteiger partial charge in [0.05, 0.1) is 29.5 Å². The number of aromatic nitrogens is 2. The molecule has 3 aromatic carbocycles. The molecule has 1 aromatic heterocycles. The Kier molecular flexibility index (Phi) is 5.26. The molecule has 152 valence electrons. The topological polar surface area (TPSA) is 94.2 Å². The number of hydrogen-bond acceptors (Lipinski definition) is 5. The maximum Gasteiger partial charge on any atom is 0.255 e. The molecule has 0 atom stereocenters. The second-order valence-corrected chi connectivity index (χ2v) is 6.94. The Morgan fingerprint density at radius 3 is 2.60 bits per heavy atom. The minimum atomic E-state index is -0.197. The van der Waals surface area contributed by atoms with E-state index in [9.17, 15) is 4.79 Å². The van der Waals surface area contributed by atoms with E-state index in [-0.39, 0.29) is 5.91 Å². The van der Waals surface area contributed by atoms with Crippen molar-refractivity contribution in [3.05, 3.63) is 77.9 Å². The van der Waals surface area contributed by atoms with E-state index < -0.39 is 0 Å². The molecule has 0 aliphatic heterocycles. The zero-order chi connectivity index (χ0) is 21.1. The zero-order valence-electron chi connectivity index (χ0n) is 16.8. The van der Waals surface area contributed by atoms with Gasteiger partial charge in [-0.25, -0.2) is 4.98 Å². The van der Waals surface area contributed by atoms with Crippen LogP contribution < -0.4 is 21.1 Å². The molecule has 0 unspecified atom stereocenters. The van der Waals surface area contributed by atoms with Crippen molar-refractivity contribution in [2.75, 3.05) is 23.5 Å². The first kappa shape index (κ1) is 19.3. The maximum absolute atomic E-state index is 12.4. The molecule has 4 aromatic rings. The van der Waals surface area contributed by atoms with Gasteiger partial charge in [-0.2, -0.15) is 0 Å². The van der Waals surface area contributed by atoms with E-state index >= 15 is 0 Å². The molecule has 4 N–H and O–H groups in total. The fraction of sp³-hybridized carbons (Fsp3) is 0.130. The lowest BCUT2D eigenvalue weighted by Gasteiger charge is -2.09. The second-order valence-electron chi connectivity index (χ2n) is 6.94. The van der Waals surface area contributed by atoms with Crippen LogP contribution in [-0.4, -0.2) is 22.6 Å². The van der Waals surface area contributed by atoms with E-state index in [1.807, 2.05) is 54.1 Å². The minimum Gasteiger partial charge on any atom is -0.497 e. The van der Waals surface area contributed by atoms with Crippen LogP contribution in [0.15, 0.2) is 66.7 Å². The number of hydrogen-bond donors (Lipinski definition) is 3. The number of amides is 1.